The number of carbonyl (C=O) groups is 1. The van der Waals surface area contributed by atoms with Gasteiger partial charge in [-0.25, -0.2) is 4.39 Å². The third-order valence-electron chi connectivity index (χ3n) is 3.98. The molecule has 0 radical (unpaired) electrons. The van der Waals surface area contributed by atoms with Crippen LogP contribution in [-0.4, -0.2) is 35.0 Å². The predicted molar refractivity (Wildman–Crippen MR) is 83.0 cm³/mol. The molecule has 138 valence electrons. The van der Waals surface area contributed by atoms with Gasteiger partial charge in [0.15, 0.2) is 0 Å². The van der Waals surface area contributed by atoms with Gasteiger partial charge in [-0.1, -0.05) is 0 Å². The molecule has 0 aliphatic carbocycles. The van der Waals surface area contributed by atoms with Crippen LogP contribution in [0.25, 0.3) is 11.1 Å². The second kappa shape index (κ2) is 6.91. The van der Waals surface area contributed by atoms with Crippen molar-refractivity contribution in [3.8, 4) is 16.9 Å². The summed E-state index contributed by atoms with van der Waals surface area (Å²) in [6.07, 6.45) is -2.79. The van der Waals surface area contributed by atoms with Crippen molar-refractivity contribution in [2.45, 2.75) is 25.2 Å². The van der Waals surface area contributed by atoms with Gasteiger partial charge in [0.05, 0.1) is 23.9 Å². The van der Waals surface area contributed by atoms with E-state index in [1.165, 1.54) is 12.3 Å². The molecule has 1 aliphatic rings. The molecular weight excluding hydrogens is 356 g/mol. The largest absolute Gasteiger partial charge is 0.573 e. The zero-order chi connectivity index (χ0) is 18.9. The van der Waals surface area contributed by atoms with Crippen LogP contribution in [0, 0.1) is 5.82 Å². The molecule has 26 heavy (non-hydrogen) atoms. The average Bonchev–Trinajstić information content (AvgIpc) is 2.74. The van der Waals surface area contributed by atoms with Crippen LogP contribution in [0.15, 0.2) is 30.5 Å². The minimum Gasteiger partial charge on any atom is -0.405 e. The lowest BCUT2D eigenvalue weighted by Gasteiger charge is -2.14. The summed E-state index contributed by atoms with van der Waals surface area (Å²) in [4.78, 5) is 16.4. The van der Waals surface area contributed by atoms with Crippen molar-refractivity contribution >= 4 is 5.91 Å². The number of aryl methyl sites for hydroxylation is 1. The molecule has 2 heterocycles. The highest BCUT2D eigenvalue weighted by Gasteiger charge is 2.32. The van der Waals surface area contributed by atoms with E-state index in [9.17, 15) is 27.5 Å². The van der Waals surface area contributed by atoms with Gasteiger partial charge in [-0.3, -0.25) is 9.78 Å². The van der Waals surface area contributed by atoms with E-state index < -0.39 is 29.9 Å². The van der Waals surface area contributed by atoms with Gasteiger partial charge in [-0.05, 0) is 37.1 Å². The first-order valence-corrected chi connectivity index (χ1v) is 7.73. The first kappa shape index (κ1) is 18.1. The number of ether oxygens (including phenoxy) is 1. The maximum absolute atomic E-state index is 13.6. The van der Waals surface area contributed by atoms with E-state index in [0.717, 1.165) is 18.2 Å². The average molecular weight is 370 g/mol. The van der Waals surface area contributed by atoms with Crippen molar-refractivity contribution in [1.82, 2.24) is 10.3 Å². The zero-order valence-corrected chi connectivity index (χ0v) is 13.3. The second-order valence-corrected chi connectivity index (χ2v) is 5.80. The molecular formula is C17H14F4N2O3. The Bertz CT molecular complexity index is 839. The lowest BCUT2D eigenvalue weighted by Crippen LogP contribution is -2.36. The zero-order valence-electron chi connectivity index (χ0n) is 13.3. The SMILES string of the molecule is O=C1NC(CO)CCc2ncc(-c3cc(F)ccc3OC(F)(F)F)cc21. The maximum atomic E-state index is 13.6. The number of rotatable bonds is 3. The fourth-order valence-electron chi connectivity index (χ4n) is 2.76. The summed E-state index contributed by atoms with van der Waals surface area (Å²) in [5, 5.41) is 11.8. The molecule has 1 aromatic heterocycles. The van der Waals surface area contributed by atoms with Crippen molar-refractivity contribution in [2.75, 3.05) is 6.61 Å². The van der Waals surface area contributed by atoms with Crippen molar-refractivity contribution < 1.29 is 32.2 Å². The Morgan fingerprint density at radius 3 is 2.73 bits per heavy atom. The number of fused-ring (bicyclic) bond motifs is 1. The van der Waals surface area contributed by atoms with Crippen LogP contribution in [0.2, 0.25) is 0 Å². The van der Waals surface area contributed by atoms with Crippen molar-refractivity contribution in [3.63, 3.8) is 0 Å². The molecule has 1 amide bonds. The van der Waals surface area contributed by atoms with Crippen molar-refractivity contribution in [1.29, 1.82) is 0 Å². The van der Waals surface area contributed by atoms with Crippen LogP contribution >= 0.6 is 0 Å². The Hall–Kier alpha value is -2.68. The van der Waals surface area contributed by atoms with Crippen LogP contribution in [0.1, 0.15) is 22.5 Å². The fourth-order valence-corrected chi connectivity index (χ4v) is 2.76. The quantitative estimate of drug-likeness (QED) is 0.815. The Labute approximate surface area is 145 Å². The van der Waals surface area contributed by atoms with E-state index in [4.69, 9.17) is 0 Å². The molecule has 0 fully saturated rings. The first-order valence-electron chi connectivity index (χ1n) is 7.73. The van der Waals surface area contributed by atoms with Gasteiger partial charge in [-0.15, -0.1) is 13.2 Å². The van der Waals surface area contributed by atoms with Crippen LogP contribution in [0.5, 0.6) is 5.75 Å². The van der Waals surface area contributed by atoms with E-state index in [1.54, 1.807) is 0 Å². The van der Waals surface area contributed by atoms with Crippen LogP contribution in [-0.2, 0) is 6.42 Å². The van der Waals surface area contributed by atoms with Gasteiger partial charge < -0.3 is 15.2 Å². The molecule has 9 heteroatoms. The molecule has 2 aromatic rings. The second-order valence-electron chi connectivity index (χ2n) is 5.80. The normalized spacial score (nSPS) is 17.3. The standard InChI is InChI=1S/C17H14F4N2O3/c18-10-1-4-15(26-17(19,20)21)12(6-10)9-5-13-14(22-7-9)3-2-11(8-24)23-16(13)25/h1,4-7,11,24H,2-3,8H2,(H,23,25). The molecule has 0 spiro atoms. The van der Waals surface area contributed by atoms with Crippen LogP contribution in [0.4, 0.5) is 17.6 Å². The number of carbonyl (C=O) groups excluding carboxylic acids is 1. The highest BCUT2D eigenvalue weighted by Crippen LogP contribution is 2.35. The number of hydrogen-bond donors (Lipinski definition) is 2. The fraction of sp³-hybridized carbons (Fsp3) is 0.294. The van der Waals surface area contributed by atoms with Crippen molar-refractivity contribution in [2.24, 2.45) is 0 Å². The summed E-state index contributed by atoms with van der Waals surface area (Å²) in [6.45, 7) is -0.236. The van der Waals surface area contributed by atoms with Gasteiger partial charge in [0, 0.05) is 17.3 Å². The maximum Gasteiger partial charge on any atom is 0.573 e. The lowest BCUT2D eigenvalue weighted by molar-refractivity contribution is -0.274. The Morgan fingerprint density at radius 2 is 2.04 bits per heavy atom. The van der Waals surface area contributed by atoms with Crippen LogP contribution in [0.3, 0.4) is 0 Å². The Balaban J connectivity index is 2.04. The molecule has 1 aliphatic heterocycles. The summed E-state index contributed by atoms with van der Waals surface area (Å²) in [5.74, 6) is -1.85. The highest BCUT2D eigenvalue weighted by molar-refractivity contribution is 5.97. The topological polar surface area (TPSA) is 71.5 Å². The number of alkyl halides is 3. The van der Waals surface area contributed by atoms with E-state index in [-0.39, 0.29) is 23.3 Å². The number of halogens is 4. The summed E-state index contributed by atoms with van der Waals surface area (Å²) in [6, 6.07) is 3.51. The summed E-state index contributed by atoms with van der Waals surface area (Å²) in [5.41, 5.74) is 0.561. The summed E-state index contributed by atoms with van der Waals surface area (Å²) < 4.78 is 55.3. The number of amides is 1. The third kappa shape index (κ3) is 3.93. The molecule has 1 aromatic carbocycles. The predicted octanol–water partition coefficient (Wildman–Crippen LogP) is 2.82. The van der Waals surface area contributed by atoms with Crippen molar-refractivity contribution in [3.05, 3.63) is 47.5 Å². The summed E-state index contributed by atoms with van der Waals surface area (Å²) in [7, 11) is 0. The van der Waals surface area contributed by atoms with Gasteiger partial charge in [0.1, 0.15) is 11.6 Å². The number of aromatic nitrogens is 1. The number of pyridine rings is 1. The van der Waals surface area contributed by atoms with E-state index in [0.29, 0.717) is 18.5 Å². The number of nitrogens with zero attached hydrogens (tertiary/aromatic N) is 1. The minimum atomic E-state index is -4.95. The molecule has 0 saturated carbocycles. The molecule has 5 nitrogen and oxygen atoms in total. The molecule has 2 N–H and O–H groups in total. The monoisotopic (exact) mass is 370 g/mol. The van der Waals surface area contributed by atoms with E-state index in [1.807, 2.05) is 0 Å². The Kier molecular flexibility index (Phi) is 4.82. The molecule has 0 bridgehead atoms. The molecule has 3 rings (SSSR count). The number of nitrogens with one attached hydrogen (secondary N) is 1. The van der Waals surface area contributed by atoms with Gasteiger partial charge in [0.25, 0.3) is 5.91 Å². The molecule has 1 atom stereocenters. The lowest BCUT2D eigenvalue weighted by atomic mass is 10.0. The van der Waals surface area contributed by atoms with Gasteiger partial charge >= 0.3 is 6.36 Å². The Morgan fingerprint density at radius 1 is 1.27 bits per heavy atom. The smallest absolute Gasteiger partial charge is 0.405 e. The van der Waals surface area contributed by atoms with E-state index in [2.05, 4.69) is 15.0 Å². The minimum absolute atomic E-state index is 0.111. The summed E-state index contributed by atoms with van der Waals surface area (Å²) >= 11 is 0. The van der Waals surface area contributed by atoms with E-state index >= 15 is 0 Å². The van der Waals surface area contributed by atoms with Gasteiger partial charge in [-0.2, -0.15) is 0 Å². The number of benzene rings is 1. The molecule has 0 saturated heterocycles. The highest BCUT2D eigenvalue weighted by atomic mass is 19.4. The van der Waals surface area contributed by atoms with Gasteiger partial charge in [0.2, 0.25) is 0 Å². The third-order valence-corrected chi connectivity index (χ3v) is 3.98. The number of aliphatic hydroxyl groups excluding tert-OH is 1. The molecule has 1 unspecified atom stereocenters. The number of aliphatic hydroxyl groups is 1. The number of hydrogen-bond acceptors (Lipinski definition) is 4. The van der Waals surface area contributed by atoms with Crippen LogP contribution < -0.4 is 10.1 Å². The first-order chi connectivity index (χ1) is 12.3.